The zero-order valence-electron chi connectivity index (χ0n) is 5.55. The van der Waals surface area contributed by atoms with Crippen LogP contribution in [0.15, 0.2) is 12.0 Å². The third-order valence-electron chi connectivity index (χ3n) is 0.627. The Morgan fingerprint density at radius 2 is 2.33 bits per heavy atom. The third-order valence-corrected chi connectivity index (χ3v) is 0.627. The van der Waals surface area contributed by atoms with Gasteiger partial charge in [-0.05, 0) is 12.5 Å². The molecule has 0 heterocycles. The molecule has 0 spiro atoms. The van der Waals surface area contributed by atoms with E-state index in [9.17, 15) is 4.79 Å². The second-order valence-electron chi connectivity index (χ2n) is 1.54. The summed E-state index contributed by atoms with van der Waals surface area (Å²) in [5.74, 6) is -0.817. The molecule has 0 aliphatic rings. The highest BCUT2D eigenvalue weighted by Gasteiger charge is 1.94. The van der Waals surface area contributed by atoms with Gasteiger partial charge < -0.3 is 9.84 Å². The lowest BCUT2D eigenvalue weighted by Crippen LogP contribution is -1.97. The van der Waals surface area contributed by atoms with Gasteiger partial charge in [0.2, 0.25) is 0 Å². The molecule has 0 aromatic carbocycles. The molecule has 0 unspecified atom stereocenters. The van der Waals surface area contributed by atoms with Gasteiger partial charge in [-0.1, -0.05) is 6.92 Å². The standard InChI is InChI=1S/C6H10O3/c1-3-4-6(8)9-5(2)7/h4,8H,3H2,1-2H3. The van der Waals surface area contributed by atoms with Crippen molar-refractivity contribution in [2.24, 2.45) is 0 Å². The second-order valence-corrected chi connectivity index (χ2v) is 1.54. The number of aliphatic hydroxyl groups excluding tert-OH is 1. The molecule has 0 fully saturated rings. The highest BCUT2D eigenvalue weighted by Crippen LogP contribution is 1.93. The van der Waals surface area contributed by atoms with Crippen molar-refractivity contribution in [3.63, 3.8) is 0 Å². The predicted octanol–water partition coefficient (Wildman–Crippen LogP) is 1.36. The molecule has 0 aromatic heterocycles. The molecule has 0 rings (SSSR count). The van der Waals surface area contributed by atoms with Crippen LogP contribution < -0.4 is 0 Å². The van der Waals surface area contributed by atoms with Crippen LogP contribution >= 0.6 is 0 Å². The van der Waals surface area contributed by atoms with Crippen molar-refractivity contribution < 1.29 is 14.6 Å². The smallest absolute Gasteiger partial charge is 0.310 e. The Balaban J connectivity index is 3.62. The van der Waals surface area contributed by atoms with E-state index in [0.717, 1.165) is 0 Å². The molecule has 0 aliphatic heterocycles. The van der Waals surface area contributed by atoms with Crippen LogP contribution in [0.5, 0.6) is 0 Å². The van der Waals surface area contributed by atoms with Crippen LogP contribution in [0.1, 0.15) is 20.3 Å². The van der Waals surface area contributed by atoms with Gasteiger partial charge >= 0.3 is 5.97 Å². The van der Waals surface area contributed by atoms with Gasteiger partial charge in [0.15, 0.2) is 0 Å². The molecule has 9 heavy (non-hydrogen) atoms. The first-order valence-corrected chi connectivity index (χ1v) is 2.74. The van der Waals surface area contributed by atoms with Gasteiger partial charge in [-0.3, -0.25) is 4.79 Å². The predicted molar refractivity (Wildman–Crippen MR) is 32.8 cm³/mol. The zero-order valence-corrected chi connectivity index (χ0v) is 5.55. The van der Waals surface area contributed by atoms with Crippen molar-refractivity contribution >= 4 is 5.97 Å². The molecule has 0 radical (unpaired) electrons. The molecule has 3 nitrogen and oxygen atoms in total. The van der Waals surface area contributed by atoms with E-state index in [-0.39, 0.29) is 5.95 Å². The van der Waals surface area contributed by atoms with Crippen LogP contribution in [0.25, 0.3) is 0 Å². The topological polar surface area (TPSA) is 46.5 Å². The molecule has 0 bridgehead atoms. The number of carbonyl (C=O) groups excluding carboxylic acids is 1. The van der Waals surface area contributed by atoms with E-state index in [1.165, 1.54) is 13.0 Å². The minimum Gasteiger partial charge on any atom is -0.481 e. The van der Waals surface area contributed by atoms with Crippen molar-refractivity contribution in [3.8, 4) is 0 Å². The molecule has 1 N–H and O–H groups in total. The van der Waals surface area contributed by atoms with E-state index in [4.69, 9.17) is 5.11 Å². The lowest BCUT2D eigenvalue weighted by Gasteiger charge is -1.95. The maximum absolute atomic E-state index is 10.1. The van der Waals surface area contributed by atoms with Crippen molar-refractivity contribution in [2.45, 2.75) is 20.3 Å². The third kappa shape index (κ3) is 4.87. The number of allylic oxidation sites excluding steroid dienone is 1. The van der Waals surface area contributed by atoms with Crippen molar-refractivity contribution in [1.29, 1.82) is 0 Å². The summed E-state index contributed by atoms with van der Waals surface area (Å²) in [7, 11) is 0. The Morgan fingerprint density at radius 3 is 2.67 bits per heavy atom. The number of hydrogen-bond donors (Lipinski definition) is 1. The van der Waals surface area contributed by atoms with Crippen LogP contribution in [-0.4, -0.2) is 11.1 Å². The first-order valence-electron chi connectivity index (χ1n) is 2.74. The van der Waals surface area contributed by atoms with E-state index in [2.05, 4.69) is 4.74 Å². The largest absolute Gasteiger partial charge is 0.481 e. The average molecular weight is 130 g/mol. The summed E-state index contributed by atoms with van der Waals surface area (Å²) in [5.41, 5.74) is 0. The Hall–Kier alpha value is -0.990. The molecule has 0 amide bonds. The van der Waals surface area contributed by atoms with Gasteiger partial charge in [0, 0.05) is 6.92 Å². The van der Waals surface area contributed by atoms with Gasteiger partial charge in [-0.25, -0.2) is 0 Å². The van der Waals surface area contributed by atoms with E-state index >= 15 is 0 Å². The number of ether oxygens (including phenoxy) is 1. The lowest BCUT2D eigenvalue weighted by molar-refractivity contribution is -0.140. The van der Waals surface area contributed by atoms with Gasteiger partial charge in [-0.15, -0.1) is 0 Å². The number of rotatable bonds is 2. The Bertz CT molecular complexity index is 126. The van der Waals surface area contributed by atoms with Gasteiger partial charge in [0.25, 0.3) is 5.95 Å². The molecular weight excluding hydrogens is 120 g/mol. The minimum atomic E-state index is -0.503. The van der Waals surface area contributed by atoms with Gasteiger partial charge in [0.05, 0.1) is 0 Å². The summed E-state index contributed by atoms with van der Waals surface area (Å²) in [6.07, 6.45) is 2.07. The minimum absolute atomic E-state index is 0.315. The van der Waals surface area contributed by atoms with Crippen LogP contribution in [0.4, 0.5) is 0 Å². The molecule has 0 aromatic rings. The van der Waals surface area contributed by atoms with Crippen molar-refractivity contribution in [3.05, 3.63) is 12.0 Å². The Labute approximate surface area is 53.9 Å². The second kappa shape index (κ2) is 3.95. The van der Waals surface area contributed by atoms with Crippen LogP contribution in [0.2, 0.25) is 0 Å². The number of hydrogen-bond acceptors (Lipinski definition) is 3. The fourth-order valence-electron chi connectivity index (χ4n) is 0.364. The van der Waals surface area contributed by atoms with Gasteiger partial charge in [-0.2, -0.15) is 0 Å². The lowest BCUT2D eigenvalue weighted by atomic mass is 10.5. The van der Waals surface area contributed by atoms with E-state index < -0.39 is 5.97 Å². The highest BCUT2D eigenvalue weighted by molar-refractivity contribution is 5.66. The summed E-state index contributed by atoms with van der Waals surface area (Å²) in [6.45, 7) is 3.07. The first kappa shape index (κ1) is 8.01. The first-order chi connectivity index (χ1) is 4.16. The van der Waals surface area contributed by atoms with Crippen LogP contribution in [0.3, 0.4) is 0 Å². The molecule has 0 saturated heterocycles. The normalized spacial score (nSPS) is 11.1. The quantitative estimate of drug-likeness (QED) is 0.453. The average Bonchev–Trinajstić information content (AvgIpc) is 1.63. The number of esters is 1. The van der Waals surface area contributed by atoms with Crippen molar-refractivity contribution in [2.75, 3.05) is 0 Å². The van der Waals surface area contributed by atoms with Gasteiger partial charge in [0.1, 0.15) is 0 Å². The molecule has 0 saturated carbocycles. The molecule has 52 valence electrons. The fraction of sp³-hybridized carbons (Fsp3) is 0.500. The Morgan fingerprint density at radius 1 is 1.78 bits per heavy atom. The number of aliphatic hydroxyl groups is 1. The van der Waals surface area contributed by atoms with E-state index in [1.807, 2.05) is 6.92 Å². The monoisotopic (exact) mass is 130 g/mol. The van der Waals surface area contributed by atoms with E-state index in [1.54, 1.807) is 0 Å². The molecule has 0 aliphatic carbocycles. The molecule has 0 atom stereocenters. The number of carbonyl (C=O) groups is 1. The fourth-order valence-corrected chi connectivity index (χ4v) is 0.364. The summed E-state index contributed by atoms with van der Waals surface area (Å²) in [5, 5.41) is 8.64. The highest BCUT2D eigenvalue weighted by atomic mass is 16.6. The summed E-state index contributed by atoms with van der Waals surface area (Å²) in [4.78, 5) is 10.1. The molecule has 3 heteroatoms. The molecular formula is C6H10O3. The Kier molecular flexibility index (Phi) is 3.51. The summed E-state index contributed by atoms with van der Waals surface area (Å²) >= 11 is 0. The maximum Gasteiger partial charge on any atom is 0.310 e. The van der Waals surface area contributed by atoms with Crippen molar-refractivity contribution in [1.82, 2.24) is 0 Å². The SMILES string of the molecule is CCC=C(O)OC(C)=O. The zero-order chi connectivity index (χ0) is 7.28. The van der Waals surface area contributed by atoms with E-state index in [0.29, 0.717) is 6.42 Å². The summed E-state index contributed by atoms with van der Waals surface area (Å²) < 4.78 is 4.27. The maximum atomic E-state index is 10.1. The van der Waals surface area contributed by atoms with Crippen LogP contribution in [-0.2, 0) is 9.53 Å². The summed E-state index contributed by atoms with van der Waals surface area (Å²) in [6, 6.07) is 0. The van der Waals surface area contributed by atoms with Crippen LogP contribution in [0, 0.1) is 0 Å².